The highest BCUT2D eigenvalue weighted by Crippen LogP contribution is 2.56. The van der Waals surface area contributed by atoms with E-state index >= 15 is 0 Å². The van der Waals surface area contributed by atoms with E-state index in [-0.39, 0.29) is 23.4 Å². The zero-order chi connectivity index (χ0) is 19.3. The lowest BCUT2D eigenvalue weighted by molar-refractivity contribution is -0.0119. The summed E-state index contributed by atoms with van der Waals surface area (Å²) in [4.78, 5) is 27.0. The number of aromatic nitrogens is 2. The molecule has 3 aliphatic rings. The van der Waals surface area contributed by atoms with E-state index in [9.17, 15) is 4.79 Å². The summed E-state index contributed by atoms with van der Waals surface area (Å²) in [7, 11) is 2.27. The van der Waals surface area contributed by atoms with E-state index in [2.05, 4.69) is 64.1 Å². The fourth-order valence-corrected chi connectivity index (χ4v) is 6.34. The number of amides is 1. The molecule has 3 heterocycles. The molecule has 2 aliphatic heterocycles. The van der Waals surface area contributed by atoms with Crippen LogP contribution in [0.2, 0.25) is 0 Å². The quantitative estimate of drug-likeness (QED) is 0.826. The number of carbonyl (C=O) groups is 1. The lowest BCUT2D eigenvalue weighted by Crippen LogP contribution is -2.62. The molecule has 1 amide bonds. The molecule has 146 valence electrons. The van der Waals surface area contributed by atoms with Gasteiger partial charge in [-0.25, -0.2) is 9.97 Å². The van der Waals surface area contributed by atoms with Crippen LogP contribution in [0.3, 0.4) is 0 Å². The minimum Gasteiger partial charge on any atom is -0.327 e. The summed E-state index contributed by atoms with van der Waals surface area (Å²) in [6.45, 7) is 2.41. The molecule has 3 fully saturated rings. The first-order valence-corrected chi connectivity index (χ1v) is 10.4. The van der Waals surface area contributed by atoms with E-state index in [0.29, 0.717) is 17.9 Å². The number of carbonyl (C=O) groups excluding carboxylic acids is 1. The molecule has 5 atom stereocenters. The van der Waals surface area contributed by atoms with Crippen molar-refractivity contribution in [3.8, 4) is 0 Å². The predicted molar refractivity (Wildman–Crippen MR) is 108 cm³/mol. The largest absolute Gasteiger partial charge is 0.327 e. The maximum Gasteiger partial charge on any atom is 0.292 e. The van der Waals surface area contributed by atoms with Gasteiger partial charge >= 0.3 is 0 Å². The van der Waals surface area contributed by atoms with E-state index in [4.69, 9.17) is 0 Å². The maximum absolute atomic E-state index is 13.7. The molecule has 2 aromatic rings. The van der Waals surface area contributed by atoms with Gasteiger partial charge in [0, 0.05) is 35.9 Å². The Kier molecular flexibility index (Phi) is 4.23. The summed E-state index contributed by atoms with van der Waals surface area (Å²) in [5.41, 5.74) is 1.45. The van der Waals surface area contributed by atoms with E-state index in [1.54, 1.807) is 18.5 Å². The minimum absolute atomic E-state index is 0.00148. The molecule has 28 heavy (non-hydrogen) atoms. The average Bonchev–Trinajstić information content (AvgIpc) is 3.00. The fourth-order valence-electron chi connectivity index (χ4n) is 6.34. The predicted octanol–water partition coefficient (Wildman–Crippen LogP) is 3.18. The summed E-state index contributed by atoms with van der Waals surface area (Å²) < 4.78 is 0. The molecule has 2 saturated heterocycles. The molecule has 5 heteroatoms. The second-order valence-corrected chi connectivity index (χ2v) is 8.95. The maximum atomic E-state index is 13.7. The van der Waals surface area contributed by atoms with Gasteiger partial charge in [0.25, 0.3) is 5.91 Å². The van der Waals surface area contributed by atoms with E-state index in [1.165, 1.54) is 24.8 Å². The number of likely N-dealkylation sites (N-methyl/N-ethyl adjacent to an activating group) is 1. The molecule has 0 spiro atoms. The summed E-state index contributed by atoms with van der Waals surface area (Å²) in [6, 6.07) is 13.7. The monoisotopic (exact) mass is 376 g/mol. The van der Waals surface area contributed by atoms with Gasteiger partial charge in [0.2, 0.25) is 5.82 Å². The molecule has 1 aromatic heterocycles. The van der Waals surface area contributed by atoms with E-state index in [0.717, 1.165) is 12.8 Å². The van der Waals surface area contributed by atoms with Gasteiger partial charge in [0.05, 0.1) is 6.04 Å². The highest BCUT2D eigenvalue weighted by molar-refractivity contribution is 5.91. The van der Waals surface area contributed by atoms with E-state index in [1.807, 2.05) is 0 Å². The Balaban J connectivity index is 1.58. The molecule has 1 aliphatic carbocycles. The Morgan fingerprint density at radius 1 is 1.11 bits per heavy atom. The highest BCUT2D eigenvalue weighted by Gasteiger charge is 2.62. The van der Waals surface area contributed by atoms with Crippen molar-refractivity contribution < 1.29 is 4.79 Å². The average molecular weight is 377 g/mol. The lowest BCUT2D eigenvalue weighted by Gasteiger charge is -2.53. The number of hydrogen-bond acceptors (Lipinski definition) is 4. The lowest BCUT2D eigenvalue weighted by atomic mass is 9.64. The first-order chi connectivity index (χ1) is 13.6. The summed E-state index contributed by atoms with van der Waals surface area (Å²) in [5.74, 6) is 0.327. The summed E-state index contributed by atoms with van der Waals surface area (Å²) in [5, 5.41) is 0. The van der Waals surface area contributed by atoms with Crippen LogP contribution in [0, 0.1) is 5.41 Å². The van der Waals surface area contributed by atoms with Crippen LogP contribution in [0.1, 0.15) is 48.8 Å². The van der Waals surface area contributed by atoms with Crippen LogP contribution < -0.4 is 0 Å². The van der Waals surface area contributed by atoms with Gasteiger partial charge in [-0.3, -0.25) is 9.69 Å². The molecule has 2 bridgehead atoms. The third-order valence-electron chi connectivity index (χ3n) is 7.56. The third kappa shape index (κ3) is 2.60. The van der Waals surface area contributed by atoms with Crippen LogP contribution in [0.5, 0.6) is 0 Å². The number of piperidine rings is 1. The standard InChI is InChI=1S/C23H28N4O/c1-23-15-18-17(14-16-8-4-3-5-9-16)27(22(28)21-24-12-7-13-25-21)20(23)11-6-10-19(23)26(18)2/h3-5,7-9,12-13,17-20H,6,10-11,14-15H2,1-2H3/t17-,18-,19-,20+,23-/m0/s1. The minimum atomic E-state index is -0.00148. The number of benzene rings is 1. The Bertz CT molecular complexity index is 857. The van der Waals surface area contributed by atoms with Crippen molar-refractivity contribution in [2.75, 3.05) is 7.05 Å². The normalized spacial score (nSPS) is 34.4. The second kappa shape index (κ2) is 6.66. The van der Waals surface area contributed by atoms with Gasteiger partial charge in [0.1, 0.15) is 0 Å². The van der Waals surface area contributed by atoms with Gasteiger partial charge in [-0.1, -0.05) is 37.3 Å². The number of hydrogen-bond donors (Lipinski definition) is 0. The summed E-state index contributed by atoms with van der Waals surface area (Å²) in [6.07, 6.45) is 8.90. The van der Waals surface area contributed by atoms with Crippen LogP contribution in [0.4, 0.5) is 0 Å². The molecular weight excluding hydrogens is 348 g/mol. The number of fused-ring (bicyclic) bond motifs is 1. The van der Waals surface area contributed by atoms with Crippen LogP contribution in [0.15, 0.2) is 48.8 Å². The number of rotatable bonds is 3. The SMILES string of the molecule is CN1[C@H]2CCC[C@H]3N(C(=O)c4ncccn4)[C@@H](Cc4ccccc4)[C@@H]1C[C@@]23C. The first-order valence-electron chi connectivity index (χ1n) is 10.4. The van der Waals surface area contributed by atoms with Gasteiger partial charge in [-0.15, -0.1) is 0 Å². The topological polar surface area (TPSA) is 49.3 Å². The van der Waals surface area contributed by atoms with Crippen LogP contribution in [-0.2, 0) is 6.42 Å². The van der Waals surface area contributed by atoms with Crippen molar-refractivity contribution >= 4 is 5.91 Å². The second-order valence-electron chi connectivity index (χ2n) is 8.95. The van der Waals surface area contributed by atoms with Crippen molar-refractivity contribution in [2.24, 2.45) is 5.41 Å². The van der Waals surface area contributed by atoms with Gasteiger partial charge < -0.3 is 4.90 Å². The zero-order valence-corrected chi connectivity index (χ0v) is 16.7. The number of likely N-dealkylation sites (tertiary alicyclic amines) is 2. The first kappa shape index (κ1) is 17.8. The van der Waals surface area contributed by atoms with Crippen LogP contribution >= 0.6 is 0 Å². The Hall–Kier alpha value is -2.27. The van der Waals surface area contributed by atoms with Crippen LogP contribution in [0.25, 0.3) is 0 Å². The Labute approximate surface area is 166 Å². The molecule has 0 radical (unpaired) electrons. The van der Waals surface area contributed by atoms with Crippen molar-refractivity contribution in [1.29, 1.82) is 0 Å². The highest BCUT2D eigenvalue weighted by atomic mass is 16.2. The fraction of sp³-hybridized carbons (Fsp3) is 0.522. The molecule has 1 saturated carbocycles. The van der Waals surface area contributed by atoms with Gasteiger partial charge in [-0.2, -0.15) is 0 Å². The third-order valence-corrected chi connectivity index (χ3v) is 7.56. The van der Waals surface area contributed by atoms with E-state index < -0.39 is 0 Å². The molecule has 5 nitrogen and oxygen atoms in total. The van der Waals surface area contributed by atoms with Crippen molar-refractivity contribution in [3.05, 3.63) is 60.2 Å². The van der Waals surface area contributed by atoms with Gasteiger partial charge in [0.15, 0.2) is 0 Å². The summed E-state index contributed by atoms with van der Waals surface area (Å²) >= 11 is 0. The Morgan fingerprint density at radius 3 is 2.57 bits per heavy atom. The molecule has 0 unspecified atom stereocenters. The molecule has 1 aromatic carbocycles. The Morgan fingerprint density at radius 2 is 1.82 bits per heavy atom. The van der Waals surface area contributed by atoms with Crippen molar-refractivity contribution in [2.45, 2.75) is 63.2 Å². The van der Waals surface area contributed by atoms with Crippen molar-refractivity contribution in [3.63, 3.8) is 0 Å². The van der Waals surface area contributed by atoms with Crippen LogP contribution in [-0.4, -0.2) is 56.9 Å². The van der Waals surface area contributed by atoms with Gasteiger partial charge in [-0.05, 0) is 50.8 Å². The zero-order valence-electron chi connectivity index (χ0n) is 16.7. The smallest absolute Gasteiger partial charge is 0.292 e. The molecule has 0 N–H and O–H groups in total. The molecular formula is C23H28N4O. The van der Waals surface area contributed by atoms with Crippen molar-refractivity contribution in [1.82, 2.24) is 19.8 Å². The molecule has 5 rings (SSSR count). The number of nitrogens with zero attached hydrogens (tertiary/aromatic N) is 4.